The minimum Gasteiger partial charge on any atom is -0.491 e. The molecular formula is C12H9ClN2O4. The number of nitro groups is 1. The van der Waals surface area contributed by atoms with Crippen molar-refractivity contribution in [3.05, 3.63) is 62.0 Å². The van der Waals surface area contributed by atoms with Crippen molar-refractivity contribution in [3.63, 3.8) is 0 Å². The van der Waals surface area contributed by atoms with Crippen LogP contribution in [0.1, 0.15) is 0 Å². The van der Waals surface area contributed by atoms with Crippen LogP contribution in [0, 0.1) is 10.1 Å². The van der Waals surface area contributed by atoms with E-state index in [1.165, 1.54) is 42.1 Å². The first-order valence-electron chi connectivity index (χ1n) is 5.24. The number of ether oxygens (including phenoxy) is 1. The molecule has 0 saturated heterocycles. The number of pyridine rings is 1. The Kier molecular flexibility index (Phi) is 3.52. The van der Waals surface area contributed by atoms with Gasteiger partial charge in [-0.1, -0.05) is 11.6 Å². The molecule has 0 unspecified atom stereocenters. The molecule has 0 aliphatic rings. The molecule has 0 spiro atoms. The molecule has 6 nitrogen and oxygen atoms in total. The summed E-state index contributed by atoms with van der Waals surface area (Å²) in [5, 5.41) is 10.7. The van der Waals surface area contributed by atoms with Gasteiger partial charge in [0.25, 0.3) is 11.2 Å². The Morgan fingerprint density at radius 2 is 2.11 bits per heavy atom. The van der Waals surface area contributed by atoms with Crippen molar-refractivity contribution in [3.8, 4) is 11.4 Å². The van der Waals surface area contributed by atoms with E-state index in [2.05, 4.69) is 0 Å². The Morgan fingerprint density at radius 3 is 2.68 bits per heavy atom. The van der Waals surface area contributed by atoms with E-state index < -0.39 is 4.92 Å². The average molecular weight is 281 g/mol. The van der Waals surface area contributed by atoms with Crippen LogP contribution < -0.4 is 10.3 Å². The monoisotopic (exact) mass is 280 g/mol. The second-order valence-corrected chi connectivity index (χ2v) is 4.05. The molecule has 0 saturated carbocycles. The smallest absolute Gasteiger partial charge is 0.297 e. The second kappa shape index (κ2) is 5.11. The number of methoxy groups -OCH3 is 1. The van der Waals surface area contributed by atoms with Gasteiger partial charge in [-0.3, -0.25) is 19.5 Å². The van der Waals surface area contributed by atoms with Crippen molar-refractivity contribution >= 4 is 17.3 Å². The van der Waals surface area contributed by atoms with Crippen molar-refractivity contribution in [2.45, 2.75) is 0 Å². The summed E-state index contributed by atoms with van der Waals surface area (Å²) in [7, 11) is 1.39. The summed E-state index contributed by atoms with van der Waals surface area (Å²) in [6, 6.07) is 7.05. The lowest BCUT2D eigenvalue weighted by Gasteiger charge is -2.09. The molecule has 0 amide bonds. The number of benzene rings is 1. The molecule has 1 aromatic heterocycles. The zero-order chi connectivity index (χ0) is 14.0. The molecule has 0 bridgehead atoms. The largest absolute Gasteiger partial charge is 0.491 e. The maximum Gasteiger partial charge on any atom is 0.297 e. The third kappa shape index (κ3) is 2.43. The van der Waals surface area contributed by atoms with Crippen molar-refractivity contribution in [2.24, 2.45) is 0 Å². The molecule has 0 aliphatic heterocycles. The number of rotatable bonds is 3. The molecule has 7 heteroatoms. The van der Waals surface area contributed by atoms with Crippen molar-refractivity contribution in [1.29, 1.82) is 0 Å². The molecule has 2 aromatic rings. The van der Waals surface area contributed by atoms with E-state index in [0.717, 1.165) is 0 Å². The molecule has 19 heavy (non-hydrogen) atoms. The molecule has 0 atom stereocenters. The first-order chi connectivity index (χ1) is 9.04. The Labute approximate surface area is 113 Å². The van der Waals surface area contributed by atoms with Gasteiger partial charge in [0.2, 0.25) is 0 Å². The summed E-state index contributed by atoms with van der Waals surface area (Å²) in [5.74, 6) is 0.164. The lowest BCUT2D eigenvalue weighted by Crippen LogP contribution is -2.19. The van der Waals surface area contributed by atoms with Crippen LogP contribution in [0.2, 0.25) is 5.02 Å². The van der Waals surface area contributed by atoms with E-state index in [4.69, 9.17) is 16.3 Å². The van der Waals surface area contributed by atoms with Crippen LogP contribution in [0.4, 0.5) is 5.69 Å². The number of aromatic nitrogens is 1. The maximum absolute atomic E-state index is 12.0. The van der Waals surface area contributed by atoms with Gasteiger partial charge in [0, 0.05) is 18.3 Å². The minimum atomic E-state index is -0.552. The summed E-state index contributed by atoms with van der Waals surface area (Å²) >= 11 is 5.97. The number of hydrogen-bond donors (Lipinski definition) is 0. The predicted molar refractivity (Wildman–Crippen MR) is 70.3 cm³/mol. The zero-order valence-corrected chi connectivity index (χ0v) is 10.6. The van der Waals surface area contributed by atoms with E-state index in [9.17, 15) is 14.9 Å². The molecule has 0 aliphatic carbocycles. The van der Waals surface area contributed by atoms with E-state index in [0.29, 0.717) is 5.69 Å². The fraction of sp³-hybridized carbons (Fsp3) is 0.0833. The highest BCUT2D eigenvalue weighted by Crippen LogP contribution is 2.25. The summed E-state index contributed by atoms with van der Waals surface area (Å²) in [6.07, 6.45) is 1.51. The first-order valence-corrected chi connectivity index (χ1v) is 5.62. The van der Waals surface area contributed by atoms with Crippen LogP contribution in [0.15, 0.2) is 41.3 Å². The fourth-order valence-electron chi connectivity index (χ4n) is 1.62. The van der Waals surface area contributed by atoms with E-state index in [-0.39, 0.29) is 22.0 Å². The Bertz CT molecular complexity index is 696. The van der Waals surface area contributed by atoms with Crippen LogP contribution in [0.25, 0.3) is 5.69 Å². The number of halogens is 1. The highest BCUT2D eigenvalue weighted by Gasteiger charge is 2.12. The number of hydrogen-bond acceptors (Lipinski definition) is 4. The van der Waals surface area contributed by atoms with Crippen LogP contribution in [-0.2, 0) is 0 Å². The van der Waals surface area contributed by atoms with E-state index >= 15 is 0 Å². The van der Waals surface area contributed by atoms with Crippen LogP contribution in [-0.4, -0.2) is 16.6 Å². The number of non-ortho nitro benzene ring substituents is 1. The van der Waals surface area contributed by atoms with Crippen LogP contribution in [0.3, 0.4) is 0 Å². The predicted octanol–water partition coefficient (Wildman–Crippen LogP) is 2.41. The number of nitro benzene ring substituents is 1. The Balaban J connectivity index is 2.60. The molecule has 1 aromatic carbocycles. The Morgan fingerprint density at radius 1 is 1.37 bits per heavy atom. The summed E-state index contributed by atoms with van der Waals surface area (Å²) in [4.78, 5) is 22.1. The van der Waals surface area contributed by atoms with Crippen LogP contribution >= 0.6 is 11.6 Å². The summed E-state index contributed by atoms with van der Waals surface area (Å²) in [6.45, 7) is 0. The lowest BCUT2D eigenvalue weighted by atomic mass is 10.2. The van der Waals surface area contributed by atoms with Crippen molar-refractivity contribution in [2.75, 3.05) is 7.11 Å². The SMILES string of the molecule is COc1cccn(-c2ccc([N+](=O)[O-])cc2Cl)c1=O. The first kappa shape index (κ1) is 13.1. The molecule has 0 N–H and O–H groups in total. The quantitative estimate of drug-likeness (QED) is 0.639. The highest BCUT2D eigenvalue weighted by molar-refractivity contribution is 6.32. The molecule has 0 radical (unpaired) electrons. The lowest BCUT2D eigenvalue weighted by molar-refractivity contribution is -0.384. The number of nitrogens with zero attached hydrogens (tertiary/aromatic N) is 2. The third-order valence-corrected chi connectivity index (χ3v) is 2.84. The van der Waals surface area contributed by atoms with Gasteiger partial charge in [-0.2, -0.15) is 0 Å². The van der Waals surface area contributed by atoms with Gasteiger partial charge in [-0.25, -0.2) is 0 Å². The van der Waals surface area contributed by atoms with Crippen molar-refractivity contribution in [1.82, 2.24) is 4.57 Å². The molecule has 0 fully saturated rings. The maximum atomic E-state index is 12.0. The van der Waals surface area contributed by atoms with Gasteiger partial charge in [-0.05, 0) is 18.2 Å². The van der Waals surface area contributed by atoms with Gasteiger partial charge >= 0.3 is 0 Å². The summed E-state index contributed by atoms with van der Waals surface area (Å²) < 4.78 is 6.19. The average Bonchev–Trinajstić information content (AvgIpc) is 2.39. The normalized spacial score (nSPS) is 10.2. The standard InChI is InChI=1S/C12H9ClN2O4/c1-19-11-3-2-6-14(12(11)16)10-5-4-8(15(17)18)7-9(10)13/h2-7H,1H3. The third-order valence-electron chi connectivity index (χ3n) is 2.53. The van der Waals surface area contributed by atoms with Gasteiger partial charge in [0.1, 0.15) is 0 Å². The fourth-order valence-corrected chi connectivity index (χ4v) is 1.89. The highest BCUT2D eigenvalue weighted by atomic mass is 35.5. The molecular weight excluding hydrogens is 272 g/mol. The van der Waals surface area contributed by atoms with Gasteiger partial charge in [-0.15, -0.1) is 0 Å². The van der Waals surface area contributed by atoms with Gasteiger partial charge < -0.3 is 4.74 Å². The Hall–Kier alpha value is -2.34. The summed E-state index contributed by atoms with van der Waals surface area (Å²) in [5.41, 5.74) is -0.165. The van der Waals surface area contributed by atoms with Crippen LogP contribution in [0.5, 0.6) is 5.75 Å². The zero-order valence-electron chi connectivity index (χ0n) is 9.87. The van der Waals surface area contributed by atoms with Crippen molar-refractivity contribution < 1.29 is 9.66 Å². The van der Waals surface area contributed by atoms with E-state index in [1.54, 1.807) is 6.07 Å². The van der Waals surface area contributed by atoms with E-state index in [1.807, 2.05) is 0 Å². The molecule has 2 rings (SSSR count). The molecule has 98 valence electrons. The second-order valence-electron chi connectivity index (χ2n) is 3.64. The van der Waals surface area contributed by atoms with Gasteiger partial charge in [0.05, 0.1) is 22.7 Å². The molecule has 1 heterocycles. The minimum absolute atomic E-state index is 0.115. The topological polar surface area (TPSA) is 74.4 Å². The van der Waals surface area contributed by atoms with Gasteiger partial charge in [0.15, 0.2) is 5.75 Å².